The summed E-state index contributed by atoms with van der Waals surface area (Å²) in [5, 5.41) is 13.0. The fourth-order valence-electron chi connectivity index (χ4n) is 5.49. The number of H-pyrrole nitrogens is 1. The van der Waals surface area contributed by atoms with Crippen LogP contribution in [0.5, 0.6) is 0 Å². The number of piperidine rings is 1. The smallest absolute Gasteiger partial charge is 0.256 e. The van der Waals surface area contributed by atoms with E-state index in [4.69, 9.17) is 15.8 Å². The summed E-state index contributed by atoms with van der Waals surface area (Å²) in [5.41, 5.74) is 11.4. The van der Waals surface area contributed by atoms with Gasteiger partial charge in [0.2, 0.25) is 0 Å². The van der Waals surface area contributed by atoms with Gasteiger partial charge in [0.05, 0.1) is 29.0 Å². The van der Waals surface area contributed by atoms with E-state index >= 15 is 0 Å². The number of hydrogen-bond acceptors (Lipinski definition) is 6. The van der Waals surface area contributed by atoms with Crippen molar-refractivity contribution < 1.29 is 4.79 Å². The average molecular weight is 459 g/mol. The van der Waals surface area contributed by atoms with Gasteiger partial charge in [-0.15, -0.1) is 0 Å². The van der Waals surface area contributed by atoms with Crippen molar-refractivity contribution in [2.24, 2.45) is 5.73 Å². The molecule has 2 fully saturated rings. The summed E-state index contributed by atoms with van der Waals surface area (Å²) in [6, 6.07) is 6.16. The van der Waals surface area contributed by atoms with Crippen molar-refractivity contribution in [1.29, 1.82) is 0 Å². The molecule has 2 unspecified atom stereocenters. The van der Waals surface area contributed by atoms with Gasteiger partial charge in [0, 0.05) is 48.9 Å². The van der Waals surface area contributed by atoms with Crippen molar-refractivity contribution in [1.82, 2.24) is 29.7 Å². The standard InChI is InChI=1S/C25H30N8O/c1-15-9-17-12-27-29-23(17)19(10-15)25(34)32-7-4-3-5-21(32)20-11-22-28-24(16(2)13-33(22)30-20)31-8-6-18(26)14-31/h9-13,18,21H,3-8,14,26H2,1-2H3,(H,27,29). The lowest BCUT2D eigenvalue weighted by molar-refractivity contribution is 0.0607. The molecule has 5 heterocycles. The summed E-state index contributed by atoms with van der Waals surface area (Å²) < 4.78 is 1.85. The SMILES string of the molecule is Cc1cc(C(=O)N2CCCCC2c2cc3nc(N4CCC(N)C4)c(C)cn3n2)c2[nH]ncc2c1. The average Bonchev–Trinajstić information content (AvgIpc) is 3.56. The highest BCUT2D eigenvalue weighted by molar-refractivity contribution is 6.05. The number of benzene rings is 1. The molecular weight excluding hydrogens is 428 g/mol. The molecule has 2 aliphatic heterocycles. The summed E-state index contributed by atoms with van der Waals surface area (Å²) in [7, 11) is 0. The Hall–Kier alpha value is -3.46. The molecule has 3 N–H and O–H groups in total. The van der Waals surface area contributed by atoms with E-state index in [1.54, 1.807) is 6.20 Å². The lowest BCUT2D eigenvalue weighted by Crippen LogP contribution is -2.38. The molecule has 9 heteroatoms. The van der Waals surface area contributed by atoms with Crippen LogP contribution in [0.4, 0.5) is 5.82 Å². The van der Waals surface area contributed by atoms with Crippen LogP contribution in [0, 0.1) is 13.8 Å². The van der Waals surface area contributed by atoms with E-state index in [-0.39, 0.29) is 18.0 Å². The number of likely N-dealkylation sites (tertiary alicyclic amines) is 1. The maximum absolute atomic E-state index is 13.8. The molecule has 0 spiro atoms. The molecule has 176 valence electrons. The zero-order valence-corrected chi connectivity index (χ0v) is 19.7. The highest BCUT2D eigenvalue weighted by Crippen LogP contribution is 2.34. The first-order valence-electron chi connectivity index (χ1n) is 12.1. The fourth-order valence-corrected chi connectivity index (χ4v) is 5.49. The van der Waals surface area contributed by atoms with E-state index in [0.717, 1.165) is 78.0 Å². The van der Waals surface area contributed by atoms with Crippen LogP contribution in [-0.2, 0) is 0 Å². The van der Waals surface area contributed by atoms with Crippen LogP contribution in [0.1, 0.15) is 58.9 Å². The van der Waals surface area contributed by atoms with Crippen LogP contribution in [0.2, 0.25) is 0 Å². The third-order valence-corrected chi connectivity index (χ3v) is 7.18. The van der Waals surface area contributed by atoms with Gasteiger partial charge in [0.1, 0.15) is 5.82 Å². The lowest BCUT2D eigenvalue weighted by atomic mass is 9.97. The van der Waals surface area contributed by atoms with Gasteiger partial charge >= 0.3 is 0 Å². The number of aromatic amines is 1. The van der Waals surface area contributed by atoms with E-state index < -0.39 is 0 Å². The van der Waals surface area contributed by atoms with Crippen molar-refractivity contribution in [2.75, 3.05) is 24.5 Å². The summed E-state index contributed by atoms with van der Waals surface area (Å²) in [6.07, 6.45) is 7.74. The van der Waals surface area contributed by atoms with Crippen molar-refractivity contribution in [3.8, 4) is 0 Å². The lowest BCUT2D eigenvalue weighted by Gasteiger charge is -2.35. The van der Waals surface area contributed by atoms with Gasteiger partial charge in [-0.2, -0.15) is 10.2 Å². The molecule has 2 aliphatic rings. The van der Waals surface area contributed by atoms with Crippen LogP contribution in [0.15, 0.2) is 30.6 Å². The second-order valence-electron chi connectivity index (χ2n) is 9.77. The van der Waals surface area contributed by atoms with Crippen molar-refractivity contribution >= 4 is 28.3 Å². The van der Waals surface area contributed by atoms with Gasteiger partial charge in [-0.05, 0) is 57.2 Å². The summed E-state index contributed by atoms with van der Waals surface area (Å²) in [6.45, 7) is 6.54. The molecular formula is C25H30N8O. The quantitative estimate of drug-likeness (QED) is 0.488. The van der Waals surface area contributed by atoms with E-state index in [1.807, 2.05) is 40.7 Å². The number of carbonyl (C=O) groups excluding carboxylic acids is 1. The van der Waals surface area contributed by atoms with E-state index in [2.05, 4.69) is 22.0 Å². The number of fused-ring (bicyclic) bond motifs is 2. The Morgan fingerprint density at radius 2 is 2.03 bits per heavy atom. The predicted molar refractivity (Wildman–Crippen MR) is 131 cm³/mol. The van der Waals surface area contributed by atoms with Gasteiger partial charge in [0.15, 0.2) is 5.65 Å². The van der Waals surface area contributed by atoms with Gasteiger partial charge in [-0.3, -0.25) is 9.89 Å². The molecule has 4 aromatic rings. The Balaban J connectivity index is 1.36. The fraction of sp³-hybridized carbons (Fsp3) is 0.440. The Kier molecular flexibility index (Phi) is 5.02. The zero-order chi connectivity index (χ0) is 23.4. The van der Waals surface area contributed by atoms with Crippen molar-refractivity contribution in [3.63, 3.8) is 0 Å². The largest absolute Gasteiger partial charge is 0.355 e. The number of amides is 1. The third kappa shape index (κ3) is 3.51. The third-order valence-electron chi connectivity index (χ3n) is 7.18. The molecule has 2 saturated heterocycles. The predicted octanol–water partition coefficient (Wildman–Crippen LogP) is 3.13. The van der Waals surface area contributed by atoms with Crippen molar-refractivity contribution in [3.05, 3.63) is 53.0 Å². The van der Waals surface area contributed by atoms with E-state index in [0.29, 0.717) is 12.1 Å². The molecule has 3 aromatic heterocycles. The Bertz CT molecular complexity index is 1390. The first kappa shape index (κ1) is 21.1. The van der Waals surface area contributed by atoms with Crippen LogP contribution in [-0.4, -0.2) is 61.3 Å². The molecule has 0 aliphatic carbocycles. The first-order valence-corrected chi connectivity index (χ1v) is 12.1. The molecule has 34 heavy (non-hydrogen) atoms. The summed E-state index contributed by atoms with van der Waals surface area (Å²) in [5.74, 6) is 1.00. The van der Waals surface area contributed by atoms with Gasteiger partial charge in [-0.25, -0.2) is 9.50 Å². The monoisotopic (exact) mass is 458 g/mol. The Morgan fingerprint density at radius 3 is 2.85 bits per heavy atom. The number of carbonyl (C=O) groups is 1. The number of nitrogens with two attached hydrogens (primary N) is 1. The summed E-state index contributed by atoms with van der Waals surface area (Å²) in [4.78, 5) is 23.0. The van der Waals surface area contributed by atoms with Crippen LogP contribution in [0.25, 0.3) is 16.6 Å². The minimum atomic E-state index is -0.0783. The number of aromatic nitrogens is 5. The normalized spacial score (nSPS) is 21.1. The molecule has 0 radical (unpaired) electrons. The first-order chi connectivity index (χ1) is 16.5. The second-order valence-corrected chi connectivity index (χ2v) is 9.77. The minimum Gasteiger partial charge on any atom is -0.355 e. The molecule has 1 amide bonds. The van der Waals surface area contributed by atoms with Gasteiger partial charge in [-0.1, -0.05) is 0 Å². The summed E-state index contributed by atoms with van der Waals surface area (Å²) >= 11 is 0. The molecule has 2 atom stereocenters. The highest BCUT2D eigenvalue weighted by atomic mass is 16.2. The Labute approximate surface area is 197 Å². The van der Waals surface area contributed by atoms with E-state index in [9.17, 15) is 4.79 Å². The van der Waals surface area contributed by atoms with Crippen LogP contribution < -0.4 is 10.6 Å². The van der Waals surface area contributed by atoms with Crippen LogP contribution >= 0.6 is 0 Å². The zero-order valence-electron chi connectivity index (χ0n) is 19.7. The molecule has 0 saturated carbocycles. The number of anilines is 1. The van der Waals surface area contributed by atoms with Crippen molar-refractivity contribution in [2.45, 2.75) is 51.6 Å². The molecule has 1 aromatic carbocycles. The van der Waals surface area contributed by atoms with Gasteiger partial charge in [0.25, 0.3) is 5.91 Å². The van der Waals surface area contributed by atoms with E-state index in [1.165, 1.54) is 0 Å². The Morgan fingerprint density at radius 1 is 1.15 bits per heavy atom. The maximum atomic E-state index is 13.8. The molecule has 6 rings (SSSR count). The topological polar surface area (TPSA) is 108 Å². The number of hydrogen-bond donors (Lipinski definition) is 2. The molecule has 9 nitrogen and oxygen atoms in total. The molecule has 0 bridgehead atoms. The van der Waals surface area contributed by atoms with Crippen LogP contribution in [0.3, 0.4) is 0 Å². The maximum Gasteiger partial charge on any atom is 0.256 e. The number of aryl methyl sites for hydroxylation is 2. The number of nitrogens with zero attached hydrogens (tertiary/aromatic N) is 6. The highest BCUT2D eigenvalue weighted by Gasteiger charge is 2.32. The number of rotatable bonds is 3. The number of nitrogens with one attached hydrogen (secondary N) is 1. The second kappa shape index (κ2) is 8.09. The minimum absolute atomic E-state index is 0.0237. The van der Waals surface area contributed by atoms with Gasteiger partial charge < -0.3 is 15.5 Å².